The van der Waals surface area contributed by atoms with Crippen LogP contribution in [0.2, 0.25) is 0 Å². The number of nitrogens with zero attached hydrogens (tertiary/aromatic N) is 2. The molecule has 0 radical (unpaired) electrons. The molecule has 1 aliphatic rings. The maximum atomic E-state index is 14.0. The van der Waals surface area contributed by atoms with E-state index in [0.717, 1.165) is 32.4 Å². The predicted octanol–water partition coefficient (Wildman–Crippen LogP) is 3.68. The lowest BCUT2D eigenvalue weighted by Crippen LogP contribution is -2.47. The minimum Gasteiger partial charge on any atom is -0.481 e. The van der Waals surface area contributed by atoms with E-state index in [1.807, 2.05) is 0 Å². The summed E-state index contributed by atoms with van der Waals surface area (Å²) in [6.07, 6.45) is -10.4. The van der Waals surface area contributed by atoms with Gasteiger partial charge in [-0.25, -0.2) is 4.98 Å². The lowest BCUT2D eigenvalue weighted by atomic mass is 9.77. The van der Waals surface area contributed by atoms with Crippen LogP contribution in [0, 0.1) is 5.92 Å². The van der Waals surface area contributed by atoms with E-state index in [-0.39, 0.29) is 16.9 Å². The smallest absolute Gasteiger partial charge is 0.433 e. The van der Waals surface area contributed by atoms with Gasteiger partial charge in [0, 0.05) is 29.3 Å². The van der Waals surface area contributed by atoms with Gasteiger partial charge >= 0.3 is 12.4 Å². The highest BCUT2D eigenvalue weighted by Gasteiger charge is 2.66. The summed E-state index contributed by atoms with van der Waals surface area (Å²) in [6, 6.07) is 3.88. The lowest BCUT2D eigenvalue weighted by molar-refractivity contribution is -0.272. The van der Waals surface area contributed by atoms with Gasteiger partial charge in [0.25, 0.3) is 11.8 Å². The van der Waals surface area contributed by atoms with E-state index in [1.165, 1.54) is 13.0 Å². The topological polar surface area (TPSA) is 116 Å². The number of ether oxygens (including phenoxy) is 2. The maximum Gasteiger partial charge on any atom is 0.433 e. The molecule has 3 N–H and O–H groups in total. The largest absolute Gasteiger partial charge is 0.481 e. The van der Waals surface area contributed by atoms with Gasteiger partial charge < -0.3 is 20.5 Å². The van der Waals surface area contributed by atoms with Crippen molar-refractivity contribution in [3.05, 3.63) is 47.4 Å². The molecular formula is C21H20F6N4O4. The first-order valence-corrected chi connectivity index (χ1v) is 10.0. The number of methoxy groups -OCH3 is 1. The second-order valence-electron chi connectivity index (χ2n) is 8.03. The molecule has 0 spiro atoms. The molecule has 0 saturated carbocycles. The van der Waals surface area contributed by atoms with Crippen molar-refractivity contribution in [2.24, 2.45) is 11.7 Å². The van der Waals surface area contributed by atoms with E-state index in [0.29, 0.717) is 6.07 Å². The number of hydrogen-bond donors (Lipinski definition) is 2. The summed E-state index contributed by atoms with van der Waals surface area (Å²) in [5, 5.41) is 2.34. The first kappa shape index (κ1) is 26.2. The Hall–Kier alpha value is -3.42. The molecule has 2 amide bonds. The molecule has 0 bridgehead atoms. The number of aromatic nitrogens is 2. The molecule has 4 atom stereocenters. The summed E-state index contributed by atoms with van der Waals surface area (Å²) >= 11 is 0. The van der Waals surface area contributed by atoms with Crippen LogP contribution >= 0.6 is 0 Å². The van der Waals surface area contributed by atoms with Gasteiger partial charge in [0.05, 0.1) is 7.11 Å². The number of primary amides is 1. The second-order valence-corrected chi connectivity index (χ2v) is 8.03. The number of halogens is 6. The number of alkyl halides is 6. The third-order valence-corrected chi connectivity index (χ3v) is 5.94. The van der Waals surface area contributed by atoms with E-state index < -0.39 is 59.3 Å². The highest BCUT2D eigenvalue weighted by molar-refractivity contribution is 5.97. The van der Waals surface area contributed by atoms with Crippen molar-refractivity contribution >= 4 is 17.5 Å². The van der Waals surface area contributed by atoms with Gasteiger partial charge in [0.1, 0.15) is 17.5 Å². The first-order chi connectivity index (χ1) is 16.1. The van der Waals surface area contributed by atoms with Gasteiger partial charge in [0.15, 0.2) is 5.60 Å². The van der Waals surface area contributed by atoms with Crippen molar-refractivity contribution in [2.45, 2.75) is 43.8 Å². The van der Waals surface area contributed by atoms with E-state index >= 15 is 0 Å². The van der Waals surface area contributed by atoms with Crippen LogP contribution in [0.3, 0.4) is 0 Å². The van der Waals surface area contributed by atoms with E-state index in [2.05, 4.69) is 15.3 Å². The van der Waals surface area contributed by atoms with Crippen LogP contribution in [-0.2, 0) is 15.7 Å². The molecule has 0 aromatic carbocycles. The summed E-state index contributed by atoms with van der Waals surface area (Å²) in [5.74, 6) is -5.38. The zero-order chi connectivity index (χ0) is 26.3. The molecule has 2 aromatic heterocycles. The standard InChI is InChI=1S/C21H20F6N4O4/c1-9-14(11-4-5-13(20(22,23)24)31-18(11)34-3)15(35-19(9,2)21(25,26)27)17(33)30-10-6-7-29-12(8-10)16(28)32/h4-9,14-15H,1-3H3,(H2,28,32)(H,29,30,33)/t9-,14+,15-,19+/m0/s1. The van der Waals surface area contributed by atoms with E-state index in [4.69, 9.17) is 15.2 Å². The molecule has 1 aliphatic heterocycles. The Kier molecular flexibility index (Phi) is 6.72. The minimum absolute atomic E-state index is 0.00748. The molecule has 190 valence electrons. The Morgan fingerprint density at radius 3 is 2.37 bits per heavy atom. The van der Waals surface area contributed by atoms with Crippen LogP contribution in [0.1, 0.15) is 41.5 Å². The Balaban J connectivity index is 2.07. The minimum atomic E-state index is -4.93. The summed E-state index contributed by atoms with van der Waals surface area (Å²) in [5.41, 5.74) is 0.602. The summed E-state index contributed by atoms with van der Waals surface area (Å²) in [7, 11) is 1.01. The third kappa shape index (κ3) is 4.88. The number of hydrogen-bond acceptors (Lipinski definition) is 6. The monoisotopic (exact) mass is 506 g/mol. The number of nitrogens with one attached hydrogen (secondary N) is 1. The van der Waals surface area contributed by atoms with Gasteiger partial charge in [-0.3, -0.25) is 14.6 Å². The zero-order valence-corrected chi connectivity index (χ0v) is 18.5. The fourth-order valence-electron chi connectivity index (χ4n) is 3.91. The van der Waals surface area contributed by atoms with Crippen LogP contribution in [-0.4, -0.2) is 46.8 Å². The van der Waals surface area contributed by atoms with Gasteiger partial charge in [0.2, 0.25) is 5.88 Å². The average Bonchev–Trinajstić information content (AvgIpc) is 3.04. The molecule has 8 nitrogen and oxygen atoms in total. The first-order valence-electron chi connectivity index (χ1n) is 10.0. The third-order valence-electron chi connectivity index (χ3n) is 5.94. The van der Waals surface area contributed by atoms with Crippen LogP contribution in [0.25, 0.3) is 0 Å². The zero-order valence-electron chi connectivity index (χ0n) is 18.5. The molecule has 14 heteroatoms. The molecule has 2 aromatic rings. The summed E-state index contributed by atoms with van der Waals surface area (Å²) in [6.45, 7) is 1.92. The van der Waals surface area contributed by atoms with E-state index in [1.54, 1.807) is 0 Å². The number of nitrogens with two attached hydrogens (primary N) is 1. The average molecular weight is 506 g/mol. The molecule has 1 fully saturated rings. The normalized spacial score (nSPS) is 24.8. The van der Waals surface area contributed by atoms with Crippen LogP contribution in [0.5, 0.6) is 5.88 Å². The van der Waals surface area contributed by atoms with Crippen molar-refractivity contribution in [2.75, 3.05) is 12.4 Å². The molecule has 3 heterocycles. The second kappa shape index (κ2) is 8.98. The SMILES string of the molecule is COc1nc(C(F)(F)F)ccc1[C@@H]1[C@@H](C(=O)Nc2ccnc(C(N)=O)c2)O[C@@](C)(C(F)(F)F)[C@H]1C. The van der Waals surface area contributed by atoms with Crippen molar-refractivity contribution in [3.8, 4) is 5.88 Å². The number of anilines is 1. The van der Waals surface area contributed by atoms with Gasteiger partial charge in [-0.05, 0) is 25.1 Å². The van der Waals surface area contributed by atoms with Crippen molar-refractivity contribution < 1.29 is 45.4 Å². The number of rotatable bonds is 5. The van der Waals surface area contributed by atoms with Crippen molar-refractivity contribution in [1.82, 2.24) is 9.97 Å². The highest BCUT2D eigenvalue weighted by atomic mass is 19.4. The van der Waals surface area contributed by atoms with Gasteiger partial charge in [-0.2, -0.15) is 26.3 Å². The molecule has 0 aliphatic carbocycles. The summed E-state index contributed by atoms with van der Waals surface area (Å²) < 4.78 is 91.5. The van der Waals surface area contributed by atoms with E-state index in [9.17, 15) is 35.9 Å². The fourth-order valence-corrected chi connectivity index (χ4v) is 3.91. The Bertz CT molecular complexity index is 1140. The highest BCUT2D eigenvalue weighted by Crippen LogP contribution is 2.54. The Labute approximate surface area is 194 Å². The summed E-state index contributed by atoms with van der Waals surface area (Å²) in [4.78, 5) is 31.5. The maximum absolute atomic E-state index is 14.0. The molecule has 0 unspecified atom stereocenters. The fraction of sp³-hybridized carbons (Fsp3) is 0.429. The number of pyridine rings is 2. The van der Waals surface area contributed by atoms with Gasteiger partial charge in [-0.1, -0.05) is 13.0 Å². The predicted molar refractivity (Wildman–Crippen MR) is 108 cm³/mol. The van der Waals surface area contributed by atoms with Crippen LogP contribution < -0.4 is 15.8 Å². The van der Waals surface area contributed by atoms with Crippen LogP contribution in [0.4, 0.5) is 32.0 Å². The molecule has 3 rings (SSSR count). The number of carbonyl (C=O) groups excluding carboxylic acids is 2. The molecular weight excluding hydrogens is 486 g/mol. The van der Waals surface area contributed by atoms with Crippen molar-refractivity contribution in [1.29, 1.82) is 0 Å². The quantitative estimate of drug-likeness (QED) is 0.598. The Morgan fingerprint density at radius 2 is 1.83 bits per heavy atom. The Morgan fingerprint density at radius 1 is 1.17 bits per heavy atom. The molecule has 1 saturated heterocycles. The lowest BCUT2D eigenvalue weighted by Gasteiger charge is -2.31. The number of amides is 2. The van der Waals surface area contributed by atoms with Crippen LogP contribution in [0.15, 0.2) is 30.5 Å². The molecule has 35 heavy (non-hydrogen) atoms. The van der Waals surface area contributed by atoms with Crippen molar-refractivity contribution in [3.63, 3.8) is 0 Å². The number of carbonyl (C=O) groups is 2. The van der Waals surface area contributed by atoms with Gasteiger partial charge in [-0.15, -0.1) is 0 Å².